The van der Waals surface area contributed by atoms with Crippen molar-refractivity contribution in [3.05, 3.63) is 0 Å². The molecule has 0 atom stereocenters. The van der Waals surface area contributed by atoms with Crippen molar-refractivity contribution in [2.75, 3.05) is 32.1 Å². The fraction of sp³-hybridized carbons (Fsp3) is 1.00. The molecule has 0 saturated heterocycles. The molecule has 0 saturated carbocycles. The highest BCUT2D eigenvalue weighted by Crippen LogP contribution is 1.99. The Hall–Kier alpha value is -0.130. The summed E-state index contributed by atoms with van der Waals surface area (Å²) in [6, 6.07) is 0. The number of rotatable bonds is 8. The molecule has 0 radical (unpaired) electrons. The van der Waals surface area contributed by atoms with Crippen LogP contribution in [0.15, 0.2) is 0 Å². The predicted octanol–water partition coefficient (Wildman–Crippen LogP) is 0.436. The van der Waals surface area contributed by atoms with Crippen molar-refractivity contribution in [2.45, 2.75) is 26.0 Å². The largest absolute Gasteiger partial charge is 0.379 e. The lowest BCUT2D eigenvalue weighted by Gasteiger charge is -2.08. The second-order valence-electron chi connectivity index (χ2n) is 3.38. The first-order valence-electron chi connectivity index (χ1n) is 5.00. The Balaban J connectivity index is 3.46. The average Bonchev–Trinajstić information content (AvgIpc) is 2.10. The molecule has 86 valence electrons. The lowest BCUT2D eigenvalue weighted by atomic mass is 10.6. The molecule has 0 fully saturated rings. The van der Waals surface area contributed by atoms with Crippen LogP contribution in [0.1, 0.15) is 20.8 Å². The third kappa shape index (κ3) is 6.34. The summed E-state index contributed by atoms with van der Waals surface area (Å²) in [5.74, 6) is 0.122. The maximum atomic E-state index is 11.3. The molecule has 0 aliphatic carbocycles. The van der Waals surface area contributed by atoms with Gasteiger partial charge in [-0.3, -0.25) is 0 Å². The van der Waals surface area contributed by atoms with Gasteiger partial charge in [0.05, 0.1) is 24.2 Å². The zero-order chi connectivity index (χ0) is 11.0. The van der Waals surface area contributed by atoms with Gasteiger partial charge in [0.2, 0.25) is 0 Å². The fourth-order valence-corrected chi connectivity index (χ4v) is 1.66. The quantitative estimate of drug-likeness (QED) is 0.607. The minimum absolute atomic E-state index is 0.122. The second-order valence-corrected chi connectivity index (χ2v) is 6.06. The van der Waals surface area contributed by atoms with Crippen molar-refractivity contribution >= 4 is 9.84 Å². The number of likely N-dealkylation sites (N-methyl/N-ethyl adjacent to an activating group) is 1. The van der Waals surface area contributed by atoms with Gasteiger partial charge in [-0.2, -0.15) is 0 Å². The number of sulfone groups is 1. The van der Waals surface area contributed by atoms with E-state index in [0.29, 0.717) is 13.2 Å². The molecular formula is C9H21NO3S. The van der Waals surface area contributed by atoms with Crippen molar-refractivity contribution in [3.63, 3.8) is 0 Å². The number of hydrogen-bond acceptors (Lipinski definition) is 4. The predicted molar refractivity (Wildman–Crippen MR) is 58.3 cm³/mol. The molecule has 0 heterocycles. The first-order valence-corrected chi connectivity index (χ1v) is 6.72. The van der Waals surface area contributed by atoms with Gasteiger partial charge in [0.25, 0.3) is 0 Å². The Morgan fingerprint density at radius 3 is 2.43 bits per heavy atom. The summed E-state index contributed by atoms with van der Waals surface area (Å²) in [6.07, 6.45) is 0. The Morgan fingerprint density at radius 2 is 1.93 bits per heavy atom. The second kappa shape index (κ2) is 7.20. The highest BCUT2D eigenvalue weighted by atomic mass is 32.2. The Morgan fingerprint density at radius 1 is 1.29 bits per heavy atom. The standard InChI is InChI=1S/C9H21NO3S/c1-4-10-5-6-13-7-8-14(11,12)9(2)3/h9-10H,4-8H2,1-3H3. The van der Waals surface area contributed by atoms with Gasteiger partial charge in [-0.25, -0.2) is 8.42 Å². The molecule has 0 aliphatic rings. The molecule has 0 spiro atoms. The fourth-order valence-electron chi connectivity index (χ4n) is 0.834. The molecule has 0 unspecified atom stereocenters. The number of nitrogens with one attached hydrogen (secondary N) is 1. The lowest BCUT2D eigenvalue weighted by molar-refractivity contribution is 0.151. The van der Waals surface area contributed by atoms with Gasteiger partial charge < -0.3 is 10.1 Å². The third-order valence-corrected chi connectivity index (χ3v) is 4.08. The SMILES string of the molecule is CCNCCOCCS(=O)(=O)C(C)C. The van der Waals surface area contributed by atoms with Gasteiger partial charge in [-0.1, -0.05) is 6.92 Å². The summed E-state index contributed by atoms with van der Waals surface area (Å²) >= 11 is 0. The molecular weight excluding hydrogens is 202 g/mol. The van der Waals surface area contributed by atoms with Crippen LogP contribution in [0.5, 0.6) is 0 Å². The molecule has 0 rings (SSSR count). The summed E-state index contributed by atoms with van der Waals surface area (Å²) in [5.41, 5.74) is 0. The Labute approximate surface area is 86.9 Å². The summed E-state index contributed by atoms with van der Waals surface area (Å²) < 4.78 is 27.8. The molecule has 5 heteroatoms. The van der Waals surface area contributed by atoms with Crippen LogP contribution in [-0.2, 0) is 14.6 Å². The molecule has 0 aliphatic heterocycles. The van der Waals surface area contributed by atoms with E-state index in [1.807, 2.05) is 6.92 Å². The zero-order valence-electron chi connectivity index (χ0n) is 9.25. The summed E-state index contributed by atoms with van der Waals surface area (Å²) in [4.78, 5) is 0. The molecule has 14 heavy (non-hydrogen) atoms. The van der Waals surface area contributed by atoms with Crippen LogP contribution < -0.4 is 5.32 Å². The van der Waals surface area contributed by atoms with Crippen LogP contribution in [0.25, 0.3) is 0 Å². The maximum absolute atomic E-state index is 11.3. The van der Waals surface area contributed by atoms with E-state index in [9.17, 15) is 8.42 Å². The first-order chi connectivity index (χ1) is 6.50. The van der Waals surface area contributed by atoms with Crippen molar-refractivity contribution in [3.8, 4) is 0 Å². The van der Waals surface area contributed by atoms with Crippen LogP contribution in [0.3, 0.4) is 0 Å². The van der Waals surface area contributed by atoms with Crippen LogP contribution in [0.2, 0.25) is 0 Å². The Bertz CT molecular complexity index is 224. The van der Waals surface area contributed by atoms with Crippen LogP contribution in [0, 0.1) is 0 Å². The Kier molecular flexibility index (Phi) is 7.13. The van der Waals surface area contributed by atoms with Gasteiger partial charge in [0.15, 0.2) is 9.84 Å². The highest BCUT2D eigenvalue weighted by molar-refractivity contribution is 7.91. The van der Waals surface area contributed by atoms with Crippen LogP contribution >= 0.6 is 0 Å². The van der Waals surface area contributed by atoms with E-state index in [-0.39, 0.29) is 11.0 Å². The molecule has 0 amide bonds. The summed E-state index contributed by atoms with van der Waals surface area (Å²) in [5, 5.41) is 2.79. The van der Waals surface area contributed by atoms with Gasteiger partial charge in [-0.05, 0) is 20.4 Å². The van der Waals surface area contributed by atoms with Gasteiger partial charge in [0.1, 0.15) is 0 Å². The smallest absolute Gasteiger partial charge is 0.154 e. The van der Waals surface area contributed by atoms with Crippen molar-refractivity contribution in [2.24, 2.45) is 0 Å². The molecule has 0 aromatic carbocycles. The molecule has 0 bridgehead atoms. The molecule has 0 aromatic heterocycles. The number of hydrogen-bond donors (Lipinski definition) is 1. The van der Waals surface area contributed by atoms with Crippen molar-refractivity contribution in [1.29, 1.82) is 0 Å². The molecule has 1 N–H and O–H groups in total. The lowest BCUT2D eigenvalue weighted by Crippen LogP contribution is -2.23. The van der Waals surface area contributed by atoms with Gasteiger partial charge in [-0.15, -0.1) is 0 Å². The molecule has 0 aromatic rings. The average molecular weight is 223 g/mol. The van der Waals surface area contributed by atoms with Crippen molar-refractivity contribution in [1.82, 2.24) is 5.32 Å². The monoisotopic (exact) mass is 223 g/mol. The zero-order valence-corrected chi connectivity index (χ0v) is 10.1. The third-order valence-electron chi connectivity index (χ3n) is 1.90. The molecule has 4 nitrogen and oxygen atoms in total. The van der Waals surface area contributed by atoms with E-state index in [0.717, 1.165) is 13.1 Å². The summed E-state index contributed by atoms with van der Waals surface area (Å²) in [7, 11) is -2.94. The van der Waals surface area contributed by atoms with Crippen molar-refractivity contribution < 1.29 is 13.2 Å². The van der Waals surface area contributed by atoms with E-state index in [2.05, 4.69) is 5.32 Å². The van der Waals surface area contributed by atoms with Gasteiger partial charge in [0, 0.05) is 6.54 Å². The normalized spacial score (nSPS) is 12.3. The van der Waals surface area contributed by atoms with E-state index < -0.39 is 9.84 Å². The maximum Gasteiger partial charge on any atom is 0.154 e. The van der Waals surface area contributed by atoms with Crippen LogP contribution in [0.4, 0.5) is 0 Å². The van der Waals surface area contributed by atoms with E-state index in [1.54, 1.807) is 13.8 Å². The number of ether oxygens (including phenoxy) is 1. The van der Waals surface area contributed by atoms with Crippen LogP contribution in [-0.4, -0.2) is 45.7 Å². The minimum Gasteiger partial charge on any atom is -0.379 e. The topological polar surface area (TPSA) is 55.4 Å². The summed E-state index contributed by atoms with van der Waals surface area (Å²) in [6.45, 7) is 7.95. The van der Waals surface area contributed by atoms with E-state index in [4.69, 9.17) is 4.74 Å². The van der Waals surface area contributed by atoms with Gasteiger partial charge >= 0.3 is 0 Å². The van der Waals surface area contributed by atoms with E-state index in [1.165, 1.54) is 0 Å². The minimum atomic E-state index is -2.94. The highest BCUT2D eigenvalue weighted by Gasteiger charge is 2.14. The first kappa shape index (κ1) is 13.9. The van der Waals surface area contributed by atoms with E-state index >= 15 is 0 Å².